The molecule has 108 valence electrons. The predicted molar refractivity (Wildman–Crippen MR) is 75.0 cm³/mol. The fraction of sp³-hybridized carbons (Fsp3) is 0.500. The number of H-pyrrole nitrogens is 1. The van der Waals surface area contributed by atoms with E-state index in [4.69, 9.17) is 4.74 Å². The Kier molecular flexibility index (Phi) is 4.12. The van der Waals surface area contributed by atoms with E-state index in [-0.39, 0.29) is 11.5 Å². The van der Waals surface area contributed by atoms with Gasteiger partial charge >= 0.3 is 5.97 Å². The number of hydrogen-bond donors (Lipinski definition) is 1. The van der Waals surface area contributed by atoms with Crippen LogP contribution in [0.4, 0.5) is 0 Å². The van der Waals surface area contributed by atoms with Gasteiger partial charge in [0.15, 0.2) is 5.16 Å². The summed E-state index contributed by atoms with van der Waals surface area (Å²) < 4.78 is 6.70. The molecule has 0 spiro atoms. The molecular formula is C12H16N4O3S. The molecule has 0 aliphatic heterocycles. The van der Waals surface area contributed by atoms with Gasteiger partial charge < -0.3 is 4.74 Å². The summed E-state index contributed by atoms with van der Waals surface area (Å²) in [7, 11) is 0. The van der Waals surface area contributed by atoms with Crippen LogP contribution in [0.1, 0.15) is 25.1 Å². The van der Waals surface area contributed by atoms with Crippen LogP contribution in [0.15, 0.2) is 9.95 Å². The third-order valence-electron chi connectivity index (χ3n) is 2.98. The Hall–Kier alpha value is -1.83. The van der Waals surface area contributed by atoms with Crippen molar-refractivity contribution in [2.45, 2.75) is 38.1 Å². The Morgan fingerprint density at radius 2 is 2.15 bits per heavy atom. The van der Waals surface area contributed by atoms with Gasteiger partial charge in [-0.2, -0.15) is 0 Å². The molecule has 0 fully saturated rings. The number of carbonyl (C=O) groups excluding carboxylic acids is 1. The molecule has 0 aliphatic carbocycles. The lowest BCUT2D eigenvalue weighted by Gasteiger charge is -2.10. The quantitative estimate of drug-likeness (QED) is 0.671. The zero-order valence-corrected chi connectivity index (χ0v) is 12.6. The highest BCUT2D eigenvalue weighted by molar-refractivity contribution is 8.00. The molecule has 1 atom stereocenters. The summed E-state index contributed by atoms with van der Waals surface area (Å²) in [5, 5.41) is 8.10. The number of aromatic nitrogens is 4. The fourth-order valence-corrected chi connectivity index (χ4v) is 2.62. The third-order valence-corrected chi connectivity index (χ3v) is 4.00. The highest BCUT2D eigenvalue weighted by Crippen LogP contribution is 2.23. The number of nitrogens with zero attached hydrogens (tertiary/aromatic N) is 3. The van der Waals surface area contributed by atoms with Gasteiger partial charge in [-0.05, 0) is 27.7 Å². The number of ether oxygens (including phenoxy) is 1. The van der Waals surface area contributed by atoms with E-state index in [1.54, 1.807) is 25.2 Å². The molecule has 2 rings (SSSR count). The second-order valence-electron chi connectivity index (χ2n) is 4.32. The molecule has 0 saturated heterocycles. The van der Waals surface area contributed by atoms with Gasteiger partial charge in [0.25, 0.3) is 5.56 Å². The van der Waals surface area contributed by atoms with E-state index >= 15 is 0 Å². The Morgan fingerprint density at radius 3 is 2.80 bits per heavy atom. The molecule has 1 unspecified atom stereocenters. The van der Waals surface area contributed by atoms with Gasteiger partial charge in [0, 0.05) is 11.3 Å². The van der Waals surface area contributed by atoms with Crippen LogP contribution >= 0.6 is 11.8 Å². The SMILES string of the molecule is CCOC(=O)C(C)Sc1nnc2[nH]c(=O)c(C)c(C)n12. The average Bonchev–Trinajstić information content (AvgIpc) is 2.79. The zero-order valence-electron chi connectivity index (χ0n) is 11.8. The van der Waals surface area contributed by atoms with Crippen LogP contribution in [0.5, 0.6) is 0 Å². The lowest BCUT2D eigenvalue weighted by molar-refractivity contribution is -0.142. The van der Waals surface area contributed by atoms with Gasteiger partial charge in [-0.3, -0.25) is 19.0 Å². The Labute approximate surface area is 119 Å². The van der Waals surface area contributed by atoms with E-state index in [0.717, 1.165) is 5.69 Å². The second kappa shape index (κ2) is 5.66. The lowest BCUT2D eigenvalue weighted by Crippen LogP contribution is -2.18. The summed E-state index contributed by atoms with van der Waals surface area (Å²) >= 11 is 1.25. The Morgan fingerprint density at radius 1 is 1.45 bits per heavy atom. The Balaban J connectivity index is 2.39. The first-order valence-corrected chi connectivity index (χ1v) is 7.11. The molecule has 8 heteroatoms. The van der Waals surface area contributed by atoms with E-state index in [1.165, 1.54) is 11.8 Å². The van der Waals surface area contributed by atoms with Gasteiger partial charge in [0.05, 0.1) is 6.61 Å². The molecule has 0 aromatic carbocycles. The van der Waals surface area contributed by atoms with Crippen LogP contribution in [0.3, 0.4) is 0 Å². The normalized spacial score (nSPS) is 12.6. The minimum Gasteiger partial charge on any atom is -0.465 e. The van der Waals surface area contributed by atoms with Crippen LogP contribution in [0.2, 0.25) is 0 Å². The molecular weight excluding hydrogens is 280 g/mol. The van der Waals surface area contributed by atoms with Crippen molar-refractivity contribution in [1.82, 2.24) is 19.6 Å². The van der Waals surface area contributed by atoms with Crippen molar-refractivity contribution in [3.05, 3.63) is 21.6 Å². The first-order valence-electron chi connectivity index (χ1n) is 6.23. The lowest BCUT2D eigenvalue weighted by atomic mass is 10.3. The molecule has 2 heterocycles. The van der Waals surface area contributed by atoms with E-state index in [2.05, 4.69) is 15.2 Å². The minimum absolute atomic E-state index is 0.183. The molecule has 0 aliphatic rings. The molecule has 20 heavy (non-hydrogen) atoms. The maximum atomic E-state index is 11.7. The molecule has 7 nitrogen and oxygen atoms in total. The number of rotatable bonds is 4. The van der Waals surface area contributed by atoms with Gasteiger partial charge in [-0.1, -0.05) is 11.8 Å². The number of hydrogen-bond acceptors (Lipinski definition) is 6. The molecule has 0 bridgehead atoms. The van der Waals surface area contributed by atoms with Crippen LogP contribution in [-0.4, -0.2) is 37.4 Å². The molecule has 0 saturated carbocycles. The summed E-state index contributed by atoms with van der Waals surface area (Å²) in [6.45, 7) is 7.41. The van der Waals surface area contributed by atoms with Crippen molar-refractivity contribution in [3.8, 4) is 0 Å². The summed E-state index contributed by atoms with van der Waals surface area (Å²) in [6, 6.07) is 0. The van der Waals surface area contributed by atoms with Gasteiger partial charge in [-0.15, -0.1) is 10.2 Å². The highest BCUT2D eigenvalue weighted by Gasteiger charge is 2.20. The third kappa shape index (κ3) is 2.55. The molecule has 0 radical (unpaired) electrons. The number of esters is 1. The monoisotopic (exact) mass is 296 g/mol. The summed E-state index contributed by atoms with van der Waals surface area (Å²) in [5.41, 5.74) is 1.17. The summed E-state index contributed by atoms with van der Waals surface area (Å²) in [4.78, 5) is 26.0. The van der Waals surface area contributed by atoms with Crippen molar-refractivity contribution in [1.29, 1.82) is 0 Å². The fourth-order valence-electron chi connectivity index (χ4n) is 1.72. The topological polar surface area (TPSA) is 89.3 Å². The smallest absolute Gasteiger partial charge is 0.319 e. The molecule has 1 N–H and O–H groups in total. The van der Waals surface area contributed by atoms with Crippen LogP contribution in [-0.2, 0) is 9.53 Å². The van der Waals surface area contributed by atoms with Gasteiger partial charge in [-0.25, -0.2) is 0 Å². The van der Waals surface area contributed by atoms with E-state index in [0.29, 0.717) is 23.1 Å². The number of thioether (sulfide) groups is 1. The minimum atomic E-state index is -0.394. The van der Waals surface area contributed by atoms with Crippen molar-refractivity contribution < 1.29 is 9.53 Å². The molecule has 2 aromatic rings. The number of aromatic amines is 1. The number of aryl methyl sites for hydroxylation is 1. The molecule has 0 amide bonds. The number of fused-ring (bicyclic) bond motifs is 1. The first kappa shape index (κ1) is 14.6. The first-order chi connectivity index (χ1) is 9.45. The predicted octanol–water partition coefficient (Wildman–Crippen LogP) is 1.08. The van der Waals surface area contributed by atoms with E-state index in [9.17, 15) is 9.59 Å². The van der Waals surface area contributed by atoms with Crippen molar-refractivity contribution in [2.75, 3.05) is 6.61 Å². The van der Waals surface area contributed by atoms with Crippen LogP contribution in [0.25, 0.3) is 5.78 Å². The standard InChI is InChI=1S/C12H16N4O3S/c1-5-19-10(18)8(4)20-12-15-14-11-13-9(17)6(2)7(3)16(11)12/h8H,5H2,1-4H3,(H,13,14,17). The van der Waals surface area contributed by atoms with Crippen LogP contribution in [0, 0.1) is 13.8 Å². The number of nitrogens with one attached hydrogen (secondary N) is 1. The van der Waals surface area contributed by atoms with E-state index < -0.39 is 5.25 Å². The van der Waals surface area contributed by atoms with Gasteiger partial charge in [0.2, 0.25) is 5.78 Å². The van der Waals surface area contributed by atoms with Crippen LogP contribution < -0.4 is 5.56 Å². The maximum absolute atomic E-state index is 11.7. The maximum Gasteiger partial charge on any atom is 0.319 e. The van der Waals surface area contributed by atoms with Crippen molar-refractivity contribution in [2.24, 2.45) is 0 Å². The Bertz CT molecular complexity index is 707. The highest BCUT2D eigenvalue weighted by atomic mass is 32.2. The summed E-state index contributed by atoms with van der Waals surface area (Å²) in [5.74, 6) is 0.0738. The van der Waals surface area contributed by atoms with Crippen molar-refractivity contribution in [3.63, 3.8) is 0 Å². The largest absolute Gasteiger partial charge is 0.465 e. The van der Waals surface area contributed by atoms with Crippen molar-refractivity contribution >= 4 is 23.5 Å². The number of carbonyl (C=O) groups is 1. The molecule has 2 aromatic heterocycles. The van der Waals surface area contributed by atoms with E-state index in [1.807, 2.05) is 6.92 Å². The zero-order chi connectivity index (χ0) is 14.9. The average molecular weight is 296 g/mol. The second-order valence-corrected chi connectivity index (χ2v) is 5.63. The van der Waals surface area contributed by atoms with Gasteiger partial charge in [0.1, 0.15) is 5.25 Å². The summed E-state index contributed by atoms with van der Waals surface area (Å²) in [6.07, 6.45) is 0.